The molecule has 2 fully saturated rings. The zero-order chi connectivity index (χ0) is 17.4. The van der Waals surface area contributed by atoms with Crippen LogP contribution in [-0.4, -0.2) is 41.5 Å². The van der Waals surface area contributed by atoms with E-state index in [9.17, 15) is 16.8 Å². The fourth-order valence-corrected chi connectivity index (χ4v) is 5.40. The van der Waals surface area contributed by atoms with Crippen molar-refractivity contribution in [1.29, 1.82) is 0 Å². The van der Waals surface area contributed by atoms with Crippen LogP contribution in [-0.2, 0) is 20.0 Å². The first-order valence-corrected chi connectivity index (χ1v) is 11.1. The molecule has 1 saturated carbocycles. The summed E-state index contributed by atoms with van der Waals surface area (Å²) in [5.41, 5.74) is 0. The van der Waals surface area contributed by atoms with Crippen LogP contribution in [0, 0.1) is 0 Å². The molecule has 0 bridgehead atoms. The summed E-state index contributed by atoms with van der Waals surface area (Å²) < 4.78 is 54.4. The molecule has 1 aliphatic carbocycles. The third-order valence-corrected chi connectivity index (χ3v) is 7.36. The lowest BCUT2D eigenvalue weighted by Crippen LogP contribution is -2.46. The zero-order valence-electron chi connectivity index (χ0n) is 13.9. The van der Waals surface area contributed by atoms with Crippen LogP contribution in [0.4, 0.5) is 0 Å². The second-order valence-electron chi connectivity index (χ2n) is 6.56. The first-order chi connectivity index (χ1) is 11.3. The largest absolute Gasteiger partial charge is 0.314 e. The van der Waals surface area contributed by atoms with Gasteiger partial charge in [-0.15, -0.1) is 12.4 Å². The number of sulfonamides is 2. The molecular formula is C15H24ClN3O4S2. The monoisotopic (exact) mass is 409 g/mol. The molecule has 25 heavy (non-hydrogen) atoms. The third kappa shape index (κ3) is 5.38. The number of piperidine rings is 1. The van der Waals surface area contributed by atoms with Crippen molar-refractivity contribution in [1.82, 2.24) is 14.8 Å². The standard InChI is InChI=1S/C15H23N3O4S2.ClH/c1-11-10-13(8-9-16-11)18-24(21,22)15-6-4-14(5-7-15)23(19,20)17-12-2-3-12;/h4-7,11-13,16-18H,2-3,8-10H2,1H3;1H. The topological polar surface area (TPSA) is 104 Å². The molecule has 0 amide bonds. The average Bonchev–Trinajstić information content (AvgIpc) is 3.30. The molecule has 1 aliphatic heterocycles. The fourth-order valence-electron chi connectivity index (χ4n) is 2.81. The van der Waals surface area contributed by atoms with Gasteiger partial charge in [-0.05, 0) is 63.4 Å². The maximum Gasteiger partial charge on any atom is 0.240 e. The molecule has 0 radical (unpaired) electrons. The molecule has 1 saturated heterocycles. The Kier molecular flexibility index (Phi) is 6.50. The van der Waals surface area contributed by atoms with Crippen molar-refractivity contribution in [3.05, 3.63) is 24.3 Å². The lowest BCUT2D eigenvalue weighted by Gasteiger charge is -2.28. The third-order valence-electron chi connectivity index (χ3n) is 4.29. The minimum Gasteiger partial charge on any atom is -0.314 e. The number of hydrogen-bond acceptors (Lipinski definition) is 5. The SMILES string of the molecule is CC1CC(NS(=O)(=O)c2ccc(S(=O)(=O)NC3CC3)cc2)CCN1.Cl. The van der Waals surface area contributed by atoms with E-state index in [1.54, 1.807) is 0 Å². The minimum absolute atomic E-state index is 0. The quantitative estimate of drug-likeness (QED) is 0.649. The van der Waals surface area contributed by atoms with Gasteiger partial charge >= 0.3 is 0 Å². The molecule has 3 N–H and O–H groups in total. The average molecular weight is 410 g/mol. The lowest BCUT2D eigenvalue weighted by atomic mass is 10.0. The summed E-state index contributed by atoms with van der Waals surface area (Å²) in [7, 11) is -7.22. The Labute approximate surface area is 155 Å². The molecule has 2 aliphatic rings. The van der Waals surface area contributed by atoms with Crippen molar-refractivity contribution in [2.24, 2.45) is 0 Å². The summed E-state index contributed by atoms with van der Waals surface area (Å²) >= 11 is 0. The first kappa shape index (κ1) is 20.6. The van der Waals surface area contributed by atoms with Gasteiger partial charge in [0.15, 0.2) is 0 Å². The van der Waals surface area contributed by atoms with Gasteiger partial charge < -0.3 is 5.32 Å². The van der Waals surface area contributed by atoms with E-state index >= 15 is 0 Å². The summed E-state index contributed by atoms with van der Waals surface area (Å²) in [4.78, 5) is 0.169. The normalized spacial score (nSPS) is 24.5. The van der Waals surface area contributed by atoms with E-state index in [1.807, 2.05) is 6.92 Å². The Hall–Kier alpha value is -0.710. The molecule has 3 rings (SSSR count). The van der Waals surface area contributed by atoms with Crippen molar-refractivity contribution in [3.63, 3.8) is 0 Å². The molecule has 7 nitrogen and oxygen atoms in total. The van der Waals surface area contributed by atoms with Crippen LogP contribution in [0.3, 0.4) is 0 Å². The summed E-state index contributed by atoms with van der Waals surface area (Å²) in [6, 6.07) is 5.54. The Bertz CT molecular complexity index is 793. The maximum atomic E-state index is 12.5. The van der Waals surface area contributed by atoms with E-state index in [0.29, 0.717) is 0 Å². The molecule has 2 atom stereocenters. The summed E-state index contributed by atoms with van der Waals surface area (Å²) in [5.74, 6) is 0. The Balaban J connectivity index is 0.00000225. The molecule has 1 aromatic carbocycles. The van der Waals surface area contributed by atoms with Crippen molar-refractivity contribution in [2.45, 2.75) is 60.5 Å². The van der Waals surface area contributed by atoms with E-state index < -0.39 is 20.0 Å². The van der Waals surface area contributed by atoms with E-state index in [-0.39, 0.29) is 40.3 Å². The summed E-state index contributed by atoms with van der Waals surface area (Å²) in [5, 5.41) is 3.27. The van der Waals surface area contributed by atoms with E-state index in [1.165, 1.54) is 24.3 Å². The van der Waals surface area contributed by atoms with Crippen LogP contribution in [0.1, 0.15) is 32.6 Å². The molecular weight excluding hydrogens is 386 g/mol. The van der Waals surface area contributed by atoms with Gasteiger partial charge in [0.25, 0.3) is 0 Å². The van der Waals surface area contributed by atoms with Gasteiger partial charge in [0.1, 0.15) is 0 Å². The lowest BCUT2D eigenvalue weighted by molar-refractivity contribution is 0.361. The zero-order valence-corrected chi connectivity index (χ0v) is 16.4. The highest BCUT2D eigenvalue weighted by Crippen LogP contribution is 2.23. The minimum atomic E-state index is -3.65. The predicted molar refractivity (Wildman–Crippen MR) is 97.8 cm³/mol. The van der Waals surface area contributed by atoms with Crippen LogP contribution < -0.4 is 14.8 Å². The van der Waals surface area contributed by atoms with Crippen LogP contribution in [0.5, 0.6) is 0 Å². The molecule has 10 heteroatoms. The van der Waals surface area contributed by atoms with Crippen LogP contribution in [0.2, 0.25) is 0 Å². The van der Waals surface area contributed by atoms with Crippen LogP contribution in [0.25, 0.3) is 0 Å². The number of benzene rings is 1. The molecule has 142 valence electrons. The highest BCUT2D eigenvalue weighted by Gasteiger charge is 2.29. The van der Waals surface area contributed by atoms with Gasteiger partial charge in [-0.2, -0.15) is 0 Å². The molecule has 2 unspecified atom stereocenters. The maximum absolute atomic E-state index is 12.5. The number of halogens is 1. The predicted octanol–water partition coefficient (Wildman–Crippen LogP) is 0.968. The Morgan fingerprint density at radius 2 is 1.36 bits per heavy atom. The molecule has 1 heterocycles. The van der Waals surface area contributed by atoms with E-state index in [0.717, 1.165) is 32.2 Å². The highest BCUT2D eigenvalue weighted by atomic mass is 35.5. The van der Waals surface area contributed by atoms with Crippen LogP contribution in [0.15, 0.2) is 34.1 Å². The number of nitrogens with one attached hydrogen (secondary N) is 3. The van der Waals surface area contributed by atoms with Crippen molar-refractivity contribution in [3.8, 4) is 0 Å². The van der Waals surface area contributed by atoms with Gasteiger partial charge in [0.05, 0.1) is 9.79 Å². The van der Waals surface area contributed by atoms with Gasteiger partial charge in [-0.1, -0.05) is 0 Å². The van der Waals surface area contributed by atoms with Gasteiger partial charge in [-0.25, -0.2) is 26.3 Å². The second-order valence-corrected chi connectivity index (χ2v) is 9.99. The molecule has 0 spiro atoms. The number of rotatable bonds is 6. The first-order valence-electron chi connectivity index (χ1n) is 8.14. The number of hydrogen-bond donors (Lipinski definition) is 3. The summed E-state index contributed by atoms with van der Waals surface area (Å²) in [6.45, 7) is 2.80. The molecule has 0 aromatic heterocycles. The summed E-state index contributed by atoms with van der Waals surface area (Å²) in [6.07, 6.45) is 3.17. The van der Waals surface area contributed by atoms with Gasteiger partial charge in [0, 0.05) is 18.1 Å². The van der Waals surface area contributed by atoms with Crippen molar-refractivity contribution in [2.75, 3.05) is 6.54 Å². The van der Waals surface area contributed by atoms with E-state index in [2.05, 4.69) is 14.8 Å². The van der Waals surface area contributed by atoms with Crippen LogP contribution >= 0.6 is 12.4 Å². The van der Waals surface area contributed by atoms with Crippen molar-refractivity contribution >= 4 is 32.5 Å². The Morgan fingerprint density at radius 3 is 1.80 bits per heavy atom. The smallest absolute Gasteiger partial charge is 0.240 e. The second kappa shape index (κ2) is 7.89. The Morgan fingerprint density at radius 1 is 0.880 bits per heavy atom. The fraction of sp³-hybridized carbons (Fsp3) is 0.600. The van der Waals surface area contributed by atoms with Gasteiger partial charge in [-0.3, -0.25) is 0 Å². The highest BCUT2D eigenvalue weighted by molar-refractivity contribution is 7.90. The van der Waals surface area contributed by atoms with Crippen molar-refractivity contribution < 1.29 is 16.8 Å². The van der Waals surface area contributed by atoms with Gasteiger partial charge in [0.2, 0.25) is 20.0 Å². The van der Waals surface area contributed by atoms with E-state index in [4.69, 9.17) is 0 Å². The molecule has 1 aromatic rings.